The summed E-state index contributed by atoms with van der Waals surface area (Å²) >= 11 is 2.29. The summed E-state index contributed by atoms with van der Waals surface area (Å²) in [6.45, 7) is 5.13. The van der Waals surface area contributed by atoms with E-state index in [1.54, 1.807) is 0 Å². The van der Waals surface area contributed by atoms with Crippen LogP contribution in [-0.2, 0) is 0 Å². The summed E-state index contributed by atoms with van der Waals surface area (Å²) in [6, 6.07) is 14.0. The van der Waals surface area contributed by atoms with Crippen molar-refractivity contribution in [1.29, 1.82) is 0 Å². The van der Waals surface area contributed by atoms with Crippen LogP contribution in [0.2, 0.25) is 0 Å². The van der Waals surface area contributed by atoms with E-state index in [2.05, 4.69) is 46.9 Å². The number of rotatable bonds is 6. The van der Waals surface area contributed by atoms with Crippen LogP contribution in [0.4, 0.5) is 0 Å². The molecule has 0 aliphatic rings. The van der Waals surface area contributed by atoms with Crippen LogP contribution in [0, 0.1) is 3.57 Å². The van der Waals surface area contributed by atoms with Gasteiger partial charge in [-0.2, -0.15) is 0 Å². The quantitative estimate of drug-likeness (QED) is 0.746. The van der Waals surface area contributed by atoms with E-state index in [1.165, 1.54) is 3.57 Å². The summed E-state index contributed by atoms with van der Waals surface area (Å²) in [7, 11) is 0. The van der Waals surface area contributed by atoms with Gasteiger partial charge in [0.1, 0.15) is 0 Å². The molecule has 0 heterocycles. The summed E-state index contributed by atoms with van der Waals surface area (Å²) in [5.74, 6) is 1.51. The molecule has 0 radical (unpaired) electrons. The Morgan fingerprint density at radius 2 is 1.48 bits per heavy atom. The minimum atomic E-state index is -0.170. The average Bonchev–Trinajstić information content (AvgIpc) is 2.49. The van der Waals surface area contributed by atoms with E-state index < -0.39 is 0 Å². The van der Waals surface area contributed by atoms with Crippen LogP contribution in [0.5, 0.6) is 11.5 Å². The Bertz CT molecular complexity index is 584. The topological polar surface area (TPSA) is 44.5 Å². The zero-order valence-electron chi connectivity index (χ0n) is 12.3. The van der Waals surface area contributed by atoms with E-state index in [0.717, 1.165) is 22.6 Å². The summed E-state index contributed by atoms with van der Waals surface area (Å²) < 4.78 is 12.4. The molecule has 1 unspecified atom stereocenters. The second-order valence-electron chi connectivity index (χ2n) is 4.60. The molecule has 2 rings (SSSR count). The van der Waals surface area contributed by atoms with Crippen LogP contribution in [-0.4, -0.2) is 13.2 Å². The zero-order chi connectivity index (χ0) is 15.2. The minimum absolute atomic E-state index is 0.170. The Kier molecular flexibility index (Phi) is 5.87. The molecule has 2 N–H and O–H groups in total. The zero-order valence-corrected chi connectivity index (χ0v) is 14.5. The van der Waals surface area contributed by atoms with Crippen molar-refractivity contribution in [1.82, 2.24) is 0 Å². The maximum atomic E-state index is 6.36. The minimum Gasteiger partial charge on any atom is -0.490 e. The highest BCUT2D eigenvalue weighted by Gasteiger charge is 2.13. The molecule has 0 amide bonds. The Balaban J connectivity index is 2.30. The lowest BCUT2D eigenvalue weighted by Crippen LogP contribution is -2.12. The van der Waals surface area contributed by atoms with Crippen molar-refractivity contribution in [3.8, 4) is 11.5 Å². The van der Waals surface area contributed by atoms with Crippen molar-refractivity contribution >= 4 is 22.6 Å². The fourth-order valence-electron chi connectivity index (χ4n) is 2.12. The van der Waals surface area contributed by atoms with Gasteiger partial charge >= 0.3 is 0 Å². The van der Waals surface area contributed by atoms with Gasteiger partial charge in [0.25, 0.3) is 0 Å². The van der Waals surface area contributed by atoms with Gasteiger partial charge in [-0.1, -0.05) is 18.2 Å². The fourth-order valence-corrected chi connectivity index (χ4v) is 2.48. The van der Waals surface area contributed by atoms with Crippen molar-refractivity contribution in [3.05, 3.63) is 57.2 Å². The normalized spacial score (nSPS) is 12.0. The van der Waals surface area contributed by atoms with Crippen LogP contribution >= 0.6 is 22.6 Å². The first kappa shape index (κ1) is 16.1. The van der Waals surface area contributed by atoms with Crippen LogP contribution in [0.25, 0.3) is 0 Å². The molecule has 0 aromatic heterocycles. The third kappa shape index (κ3) is 4.11. The number of ether oxygens (including phenoxy) is 2. The molecule has 1 atom stereocenters. The van der Waals surface area contributed by atoms with E-state index in [-0.39, 0.29) is 6.04 Å². The molecule has 4 heteroatoms. The maximum Gasteiger partial charge on any atom is 0.161 e. The number of halogens is 1. The average molecular weight is 397 g/mol. The van der Waals surface area contributed by atoms with E-state index >= 15 is 0 Å². The molecule has 0 saturated carbocycles. The number of nitrogens with two attached hydrogens (primary N) is 1. The van der Waals surface area contributed by atoms with Gasteiger partial charge in [-0.25, -0.2) is 0 Å². The lowest BCUT2D eigenvalue weighted by molar-refractivity contribution is 0.287. The summed E-state index contributed by atoms with van der Waals surface area (Å²) in [6.07, 6.45) is 0. The van der Waals surface area contributed by atoms with Crippen LogP contribution in [0.3, 0.4) is 0 Å². The highest BCUT2D eigenvalue weighted by Crippen LogP contribution is 2.32. The summed E-state index contributed by atoms with van der Waals surface area (Å²) in [5.41, 5.74) is 8.46. The third-order valence-corrected chi connectivity index (χ3v) is 3.87. The molecule has 0 saturated heterocycles. The monoisotopic (exact) mass is 397 g/mol. The first-order chi connectivity index (χ1) is 10.2. The summed E-state index contributed by atoms with van der Waals surface area (Å²) in [5, 5.41) is 0. The second kappa shape index (κ2) is 7.66. The van der Waals surface area contributed by atoms with Crippen molar-refractivity contribution in [3.63, 3.8) is 0 Å². The van der Waals surface area contributed by atoms with E-state index in [9.17, 15) is 0 Å². The number of benzene rings is 2. The van der Waals surface area contributed by atoms with Crippen molar-refractivity contribution in [2.24, 2.45) is 5.73 Å². The molecule has 0 aliphatic carbocycles. The largest absolute Gasteiger partial charge is 0.490 e. The molecule has 0 bridgehead atoms. The third-order valence-electron chi connectivity index (χ3n) is 3.16. The van der Waals surface area contributed by atoms with E-state index in [0.29, 0.717) is 13.2 Å². The van der Waals surface area contributed by atoms with Crippen molar-refractivity contribution in [2.45, 2.75) is 19.9 Å². The first-order valence-corrected chi connectivity index (χ1v) is 8.14. The molecule has 2 aromatic carbocycles. The smallest absolute Gasteiger partial charge is 0.161 e. The van der Waals surface area contributed by atoms with Crippen LogP contribution < -0.4 is 15.2 Å². The number of hydrogen-bond acceptors (Lipinski definition) is 3. The Morgan fingerprint density at radius 3 is 2.10 bits per heavy atom. The van der Waals surface area contributed by atoms with Crippen molar-refractivity contribution in [2.75, 3.05) is 13.2 Å². The molecule has 21 heavy (non-hydrogen) atoms. The molecule has 0 aliphatic heterocycles. The van der Waals surface area contributed by atoms with Crippen molar-refractivity contribution < 1.29 is 9.47 Å². The molecule has 0 fully saturated rings. The van der Waals surface area contributed by atoms with E-state index in [1.807, 2.05) is 32.0 Å². The fraction of sp³-hybridized carbons (Fsp3) is 0.294. The van der Waals surface area contributed by atoms with E-state index in [4.69, 9.17) is 15.2 Å². The van der Waals surface area contributed by atoms with Gasteiger partial charge in [-0.3, -0.25) is 0 Å². The molecular weight excluding hydrogens is 377 g/mol. The highest BCUT2D eigenvalue weighted by atomic mass is 127. The Hall–Kier alpha value is -1.27. The molecule has 2 aromatic rings. The van der Waals surface area contributed by atoms with Crippen LogP contribution in [0.1, 0.15) is 31.0 Å². The summed E-state index contributed by atoms with van der Waals surface area (Å²) in [4.78, 5) is 0. The predicted octanol–water partition coefficient (Wildman–Crippen LogP) is 4.14. The molecular formula is C17H20INO2. The Labute approximate surface area is 139 Å². The lowest BCUT2D eigenvalue weighted by atomic mass is 9.99. The van der Waals surface area contributed by atoms with Gasteiger partial charge in [0.05, 0.1) is 19.3 Å². The lowest BCUT2D eigenvalue weighted by Gasteiger charge is -2.16. The molecule has 3 nitrogen and oxygen atoms in total. The maximum absolute atomic E-state index is 6.36. The van der Waals surface area contributed by atoms with Crippen LogP contribution in [0.15, 0.2) is 42.5 Å². The van der Waals surface area contributed by atoms with Gasteiger partial charge in [0.2, 0.25) is 0 Å². The second-order valence-corrected chi connectivity index (χ2v) is 5.85. The van der Waals surface area contributed by atoms with Gasteiger partial charge in [-0.05, 0) is 71.8 Å². The van der Waals surface area contributed by atoms with Gasteiger partial charge in [0, 0.05) is 3.57 Å². The predicted molar refractivity (Wildman–Crippen MR) is 94.0 cm³/mol. The highest BCUT2D eigenvalue weighted by molar-refractivity contribution is 14.1. The van der Waals surface area contributed by atoms with Gasteiger partial charge in [-0.15, -0.1) is 0 Å². The Morgan fingerprint density at radius 1 is 0.905 bits per heavy atom. The van der Waals surface area contributed by atoms with Gasteiger partial charge in [0.15, 0.2) is 11.5 Å². The molecule has 112 valence electrons. The first-order valence-electron chi connectivity index (χ1n) is 7.06. The van der Waals surface area contributed by atoms with Gasteiger partial charge < -0.3 is 15.2 Å². The standard InChI is InChI=1S/C17H20INO2/c1-3-20-15-10-7-13(11-16(15)21-4-2)17(19)12-5-8-14(18)9-6-12/h5-11,17H,3-4,19H2,1-2H3. The SMILES string of the molecule is CCOc1ccc(C(N)c2ccc(I)cc2)cc1OCC. The molecule has 0 spiro atoms. The number of hydrogen-bond donors (Lipinski definition) is 1.